The molecule has 4 aromatic rings. The largest absolute Gasteiger partial charge is 0.484 e. The molecular weight excluding hydrogens is 428 g/mol. The van der Waals surface area contributed by atoms with E-state index in [1.54, 1.807) is 30.6 Å². The molecule has 0 amide bonds. The lowest BCUT2D eigenvalue weighted by atomic mass is 10.2. The third-order valence-electron chi connectivity index (χ3n) is 5.38. The Labute approximate surface area is 199 Å². The summed E-state index contributed by atoms with van der Waals surface area (Å²) >= 11 is 0. The van der Waals surface area contributed by atoms with E-state index < -0.39 is 0 Å². The van der Waals surface area contributed by atoms with Crippen molar-refractivity contribution in [2.24, 2.45) is 0 Å². The van der Waals surface area contributed by atoms with Gasteiger partial charge in [-0.1, -0.05) is 30.3 Å². The number of carbonyl (C=O) groups is 1. The van der Waals surface area contributed by atoms with Crippen molar-refractivity contribution in [2.45, 2.75) is 20.4 Å². The van der Waals surface area contributed by atoms with Gasteiger partial charge in [-0.3, -0.25) is 9.78 Å². The van der Waals surface area contributed by atoms with Crippen LogP contribution in [0.25, 0.3) is 11.4 Å². The van der Waals surface area contributed by atoms with Crippen LogP contribution in [-0.4, -0.2) is 45.4 Å². The van der Waals surface area contributed by atoms with Gasteiger partial charge in [0.25, 0.3) is 5.91 Å². The average molecular weight is 457 g/mol. The number of rotatable bonds is 10. The van der Waals surface area contributed by atoms with E-state index in [1.165, 1.54) is 10.4 Å². The fourth-order valence-corrected chi connectivity index (χ4v) is 3.54. The van der Waals surface area contributed by atoms with Gasteiger partial charge in [0, 0.05) is 43.3 Å². The molecule has 0 unspecified atom stereocenters. The fraction of sp³-hybridized carbons (Fsp3) is 0.231. The molecule has 2 aromatic carbocycles. The number of carbonyl (C=O) groups excluding carboxylic acids is 1. The molecule has 0 radical (unpaired) electrons. The van der Waals surface area contributed by atoms with Gasteiger partial charge in [-0.2, -0.15) is 9.67 Å². The molecule has 0 fully saturated rings. The molecule has 8 nitrogen and oxygen atoms in total. The highest BCUT2D eigenvalue weighted by molar-refractivity contribution is 5.82. The summed E-state index contributed by atoms with van der Waals surface area (Å²) in [5.74, 6) is 1.06. The first-order valence-corrected chi connectivity index (χ1v) is 11.3. The number of ether oxygens (including phenoxy) is 1. The number of para-hydroxylation sites is 1. The van der Waals surface area contributed by atoms with Crippen LogP contribution in [0.3, 0.4) is 0 Å². The molecule has 0 bridgehead atoms. The Kier molecular flexibility index (Phi) is 7.49. The normalized spacial score (nSPS) is 10.6. The van der Waals surface area contributed by atoms with E-state index in [0.29, 0.717) is 24.1 Å². The predicted molar refractivity (Wildman–Crippen MR) is 133 cm³/mol. The maximum atomic E-state index is 13.0. The third kappa shape index (κ3) is 5.58. The van der Waals surface area contributed by atoms with Gasteiger partial charge in [0.15, 0.2) is 12.4 Å². The van der Waals surface area contributed by atoms with Crippen LogP contribution >= 0.6 is 0 Å². The monoisotopic (exact) mass is 456 g/mol. The van der Waals surface area contributed by atoms with Crippen molar-refractivity contribution < 1.29 is 9.53 Å². The topological polar surface area (TPSA) is 85.2 Å². The lowest BCUT2D eigenvalue weighted by Gasteiger charge is -2.21. The quantitative estimate of drug-likeness (QED) is 0.376. The highest BCUT2D eigenvalue weighted by Crippen LogP contribution is 2.19. The molecule has 0 spiro atoms. The Hall–Kier alpha value is -4.20. The summed E-state index contributed by atoms with van der Waals surface area (Å²) in [6.07, 6.45) is 3.35. The second-order valence-electron chi connectivity index (χ2n) is 7.60. The van der Waals surface area contributed by atoms with Crippen molar-refractivity contribution in [1.82, 2.24) is 19.7 Å². The van der Waals surface area contributed by atoms with Gasteiger partial charge in [0.2, 0.25) is 5.95 Å². The van der Waals surface area contributed by atoms with Gasteiger partial charge in [-0.15, -0.1) is 5.10 Å². The van der Waals surface area contributed by atoms with E-state index in [9.17, 15) is 4.79 Å². The minimum absolute atomic E-state index is 0.160. The molecule has 4 rings (SSSR count). The van der Waals surface area contributed by atoms with Gasteiger partial charge in [0.05, 0.1) is 0 Å². The zero-order valence-electron chi connectivity index (χ0n) is 19.4. The molecule has 2 heterocycles. The number of benzene rings is 2. The first-order valence-electron chi connectivity index (χ1n) is 11.3. The molecular formula is C26H28N6O2. The SMILES string of the molecule is CCN(CC)c1ccc(CNc2nc(-c3cccnc3)nn2C(=O)COc2ccccc2)cc1. The lowest BCUT2D eigenvalue weighted by molar-refractivity contribution is 0.0824. The average Bonchev–Trinajstić information content (AvgIpc) is 3.33. The molecule has 34 heavy (non-hydrogen) atoms. The minimum atomic E-state index is -0.328. The Morgan fingerprint density at radius 1 is 1.00 bits per heavy atom. The molecule has 8 heteroatoms. The summed E-state index contributed by atoms with van der Waals surface area (Å²) in [5.41, 5.74) is 2.98. The number of nitrogens with one attached hydrogen (secondary N) is 1. The van der Waals surface area contributed by atoms with Crippen LogP contribution in [0.1, 0.15) is 24.2 Å². The van der Waals surface area contributed by atoms with E-state index in [4.69, 9.17) is 4.74 Å². The zero-order valence-corrected chi connectivity index (χ0v) is 19.4. The van der Waals surface area contributed by atoms with Gasteiger partial charge in [-0.05, 0) is 55.8 Å². The lowest BCUT2D eigenvalue weighted by Crippen LogP contribution is -2.23. The second-order valence-corrected chi connectivity index (χ2v) is 7.60. The van der Waals surface area contributed by atoms with Crippen molar-refractivity contribution in [2.75, 3.05) is 29.9 Å². The predicted octanol–water partition coefficient (Wildman–Crippen LogP) is 4.52. The number of hydrogen-bond acceptors (Lipinski definition) is 7. The van der Waals surface area contributed by atoms with Crippen LogP contribution in [0.4, 0.5) is 11.6 Å². The molecule has 0 saturated heterocycles. The number of anilines is 2. The van der Waals surface area contributed by atoms with E-state index in [2.05, 4.69) is 63.4 Å². The van der Waals surface area contributed by atoms with E-state index in [-0.39, 0.29) is 12.5 Å². The van der Waals surface area contributed by atoms with Crippen LogP contribution in [0, 0.1) is 0 Å². The first-order chi connectivity index (χ1) is 16.7. The first kappa shape index (κ1) is 23.0. The van der Waals surface area contributed by atoms with E-state index in [1.807, 2.05) is 24.3 Å². The summed E-state index contributed by atoms with van der Waals surface area (Å²) in [4.78, 5) is 23.9. The maximum absolute atomic E-state index is 13.0. The molecule has 174 valence electrons. The number of hydrogen-bond donors (Lipinski definition) is 1. The Bertz CT molecular complexity index is 1190. The minimum Gasteiger partial charge on any atom is -0.484 e. The van der Waals surface area contributed by atoms with Crippen LogP contribution < -0.4 is 15.0 Å². The van der Waals surface area contributed by atoms with Gasteiger partial charge in [-0.25, -0.2) is 0 Å². The summed E-state index contributed by atoms with van der Waals surface area (Å²) in [5, 5.41) is 7.69. The van der Waals surface area contributed by atoms with Crippen LogP contribution in [0.15, 0.2) is 79.1 Å². The van der Waals surface area contributed by atoms with Crippen LogP contribution in [-0.2, 0) is 6.54 Å². The second kappa shape index (κ2) is 11.1. The van der Waals surface area contributed by atoms with Crippen molar-refractivity contribution in [3.05, 3.63) is 84.7 Å². The van der Waals surface area contributed by atoms with Crippen molar-refractivity contribution in [3.8, 4) is 17.1 Å². The molecule has 0 atom stereocenters. The standard InChI is InChI=1S/C26H28N6O2/c1-3-31(4-2)22-14-12-20(13-15-22)17-28-26-29-25(21-9-8-16-27-18-21)30-32(26)24(33)19-34-23-10-6-5-7-11-23/h5-16,18H,3-4,17,19H2,1-2H3,(H,28,29,30). The highest BCUT2D eigenvalue weighted by atomic mass is 16.5. The Balaban J connectivity index is 1.51. The van der Waals surface area contributed by atoms with Crippen molar-refractivity contribution in [1.29, 1.82) is 0 Å². The number of nitrogens with zero attached hydrogens (tertiary/aromatic N) is 5. The van der Waals surface area contributed by atoms with Crippen molar-refractivity contribution >= 4 is 17.5 Å². The number of aromatic nitrogens is 4. The Morgan fingerprint density at radius 3 is 2.44 bits per heavy atom. The van der Waals surface area contributed by atoms with E-state index >= 15 is 0 Å². The molecule has 0 aliphatic rings. The number of pyridine rings is 1. The fourth-order valence-electron chi connectivity index (χ4n) is 3.54. The summed E-state index contributed by atoms with van der Waals surface area (Å²) in [7, 11) is 0. The molecule has 0 saturated carbocycles. The third-order valence-corrected chi connectivity index (χ3v) is 5.38. The van der Waals surface area contributed by atoms with E-state index in [0.717, 1.165) is 24.2 Å². The maximum Gasteiger partial charge on any atom is 0.287 e. The van der Waals surface area contributed by atoms with Gasteiger partial charge >= 0.3 is 0 Å². The highest BCUT2D eigenvalue weighted by Gasteiger charge is 2.18. The van der Waals surface area contributed by atoms with Gasteiger partial charge < -0.3 is 15.0 Å². The smallest absolute Gasteiger partial charge is 0.287 e. The summed E-state index contributed by atoms with van der Waals surface area (Å²) in [6.45, 7) is 6.54. The molecule has 1 N–H and O–H groups in total. The van der Waals surface area contributed by atoms with Gasteiger partial charge in [0.1, 0.15) is 5.75 Å². The van der Waals surface area contributed by atoms with Crippen molar-refractivity contribution in [3.63, 3.8) is 0 Å². The van der Waals surface area contributed by atoms with Crippen LogP contribution in [0.5, 0.6) is 5.75 Å². The summed E-state index contributed by atoms with van der Waals surface area (Å²) in [6, 6.07) is 21.2. The molecule has 0 aliphatic heterocycles. The zero-order chi connectivity index (χ0) is 23.8. The molecule has 2 aromatic heterocycles. The van der Waals surface area contributed by atoms with Crippen LogP contribution in [0.2, 0.25) is 0 Å². The molecule has 0 aliphatic carbocycles. The summed E-state index contributed by atoms with van der Waals surface area (Å²) < 4.78 is 6.89. The Morgan fingerprint density at radius 2 is 1.76 bits per heavy atom.